The van der Waals surface area contributed by atoms with Gasteiger partial charge in [-0.15, -0.1) is 0 Å². The summed E-state index contributed by atoms with van der Waals surface area (Å²) in [6, 6.07) is 0. The Morgan fingerprint density at radius 3 is 2.17 bits per heavy atom. The largest absolute Gasteiger partial charge is 0.359 e. The molecule has 0 aromatic carbocycles. The molecule has 0 atom stereocenters. The van der Waals surface area contributed by atoms with Crippen LogP contribution in [0.25, 0.3) is 0 Å². The minimum atomic E-state index is 0.307. The Balaban J connectivity index is 4.12. The number of aliphatic imine (C=N–C) groups is 1. The summed E-state index contributed by atoms with van der Waals surface area (Å²) < 4.78 is 0. The van der Waals surface area contributed by atoms with Gasteiger partial charge in [0.15, 0.2) is 5.96 Å². The summed E-state index contributed by atoms with van der Waals surface area (Å²) in [6.45, 7) is 7.64. The summed E-state index contributed by atoms with van der Waals surface area (Å²) in [4.78, 5) is 6.25. The van der Waals surface area contributed by atoms with E-state index in [2.05, 4.69) is 36.0 Å². The Bertz CT molecular complexity index is 156. The van der Waals surface area contributed by atoms with Crippen LogP contribution in [-0.4, -0.2) is 38.5 Å². The van der Waals surface area contributed by atoms with Crippen molar-refractivity contribution in [3.8, 4) is 0 Å². The molecular weight excluding hydrogens is 150 g/mol. The molecule has 72 valence electrons. The van der Waals surface area contributed by atoms with Crippen LogP contribution in [0.15, 0.2) is 4.99 Å². The van der Waals surface area contributed by atoms with E-state index >= 15 is 0 Å². The van der Waals surface area contributed by atoms with Crippen LogP contribution in [0.3, 0.4) is 0 Å². The summed E-state index contributed by atoms with van der Waals surface area (Å²) in [6.07, 6.45) is 0. The Morgan fingerprint density at radius 2 is 1.92 bits per heavy atom. The molecule has 0 amide bonds. The molecule has 0 aromatic rings. The minimum Gasteiger partial charge on any atom is -0.359 e. The molecule has 0 saturated heterocycles. The zero-order valence-electron chi connectivity index (χ0n) is 9.10. The van der Waals surface area contributed by atoms with E-state index in [4.69, 9.17) is 0 Å². The molecule has 0 fully saturated rings. The van der Waals surface area contributed by atoms with Gasteiger partial charge in [-0.1, -0.05) is 20.8 Å². The maximum atomic E-state index is 4.12. The molecule has 0 spiro atoms. The third-order valence-corrected chi connectivity index (χ3v) is 1.51. The molecule has 0 aliphatic heterocycles. The van der Waals surface area contributed by atoms with Gasteiger partial charge in [0.1, 0.15) is 0 Å². The number of rotatable bonds is 1. The molecule has 0 bridgehead atoms. The van der Waals surface area contributed by atoms with Gasteiger partial charge in [-0.05, 0) is 5.41 Å². The topological polar surface area (TPSA) is 27.6 Å². The van der Waals surface area contributed by atoms with Crippen molar-refractivity contribution in [3.05, 3.63) is 0 Å². The van der Waals surface area contributed by atoms with Crippen LogP contribution >= 0.6 is 0 Å². The lowest BCUT2D eigenvalue weighted by atomic mass is 9.96. The molecule has 12 heavy (non-hydrogen) atoms. The molecule has 0 aromatic heterocycles. The average Bonchev–Trinajstić information content (AvgIpc) is 1.85. The summed E-state index contributed by atoms with van der Waals surface area (Å²) in [5, 5.41) is 3.05. The Labute approximate surface area is 75.9 Å². The predicted molar refractivity (Wildman–Crippen MR) is 54.5 cm³/mol. The summed E-state index contributed by atoms with van der Waals surface area (Å²) in [5.41, 5.74) is 0.307. The molecule has 0 aliphatic rings. The van der Waals surface area contributed by atoms with E-state index in [0.29, 0.717) is 5.41 Å². The molecule has 0 heterocycles. The predicted octanol–water partition coefficient (Wildman–Crippen LogP) is 1.17. The smallest absolute Gasteiger partial charge is 0.193 e. The van der Waals surface area contributed by atoms with Gasteiger partial charge in [0.2, 0.25) is 0 Å². The van der Waals surface area contributed by atoms with Crippen LogP contribution in [0.1, 0.15) is 20.8 Å². The summed E-state index contributed by atoms with van der Waals surface area (Å²) in [7, 11) is 5.73. The van der Waals surface area contributed by atoms with Crippen LogP contribution in [0.5, 0.6) is 0 Å². The van der Waals surface area contributed by atoms with Crippen molar-refractivity contribution < 1.29 is 0 Å². The highest BCUT2D eigenvalue weighted by molar-refractivity contribution is 5.79. The number of nitrogens with one attached hydrogen (secondary N) is 1. The molecule has 3 heteroatoms. The van der Waals surface area contributed by atoms with E-state index in [-0.39, 0.29) is 0 Å². The summed E-state index contributed by atoms with van der Waals surface area (Å²) in [5.74, 6) is 0.935. The van der Waals surface area contributed by atoms with Crippen LogP contribution in [-0.2, 0) is 0 Å². The Kier molecular flexibility index (Phi) is 4.07. The molecule has 0 aliphatic carbocycles. The lowest BCUT2D eigenvalue weighted by Crippen LogP contribution is -2.41. The van der Waals surface area contributed by atoms with Crippen molar-refractivity contribution in [1.29, 1.82) is 0 Å². The quantitative estimate of drug-likeness (QED) is 0.474. The number of guanidine groups is 1. The Morgan fingerprint density at radius 1 is 1.42 bits per heavy atom. The lowest BCUT2D eigenvalue weighted by Gasteiger charge is -2.28. The van der Waals surface area contributed by atoms with E-state index in [9.17, 15) is 0 Å². The normalized spacial score (nSPS) is 13.0. The van der Waals surface area contributed by atoms with Crippen molar-refractivity contribution in [1.82, 2.24) is 10.2 Å². The molecular formula is C9H21N3. The van der Waals surface area contributed by atoms with E-state index in [0.717, 1.165) is 12.5 Å². The van der Waals surface area contributed by atoms with Crippen molar-refractivity contribution in [3.63, 3.8) is 0 Å². The number of hydrogen-bond acceptors (Lipinski definition) is 1. The van der Waals surface area contributed by atoms with Gasteiger partial charge < -0.3 is 10.2 Å². The molecule has 0 rings (SSSR count). The van der Waals surface area contributed by atoms with Crippen molar-refractivity contribution in [2.75, 3.05) is 27.7 Å². The van der Waals surface area contributed by atoms with Gasteiger partial charge >= 0.3 is 0 Å². The average molecular weight is 171 g/mol. The fourth-order valence-corrected chi connectivity index (χ4v) is 1.26. The van der Waals surface area contributed by atoms with Crippen molar-refractivity contribution >= 4 is 5.96 Å². The van der Waals surface area contributed by atoms with Gasteiger partial charge in [-0.2, -0.15) is 0 Å². The highest BCUT2D eigenvalue weighted by Crippen LogP contribution is 2.13. The van der Waals surface area contributed by atoms with Crippen molar-refractivity contribution in [2.45, 2.75) is 20.8 Å². The van der Waals surface area contributed by atoms with Crippen LogP contribution in [0.4, 0.5) is 0 Å². The summed E-state index contributed by atoms with van der Waals surface area (Å²) >= 11 is 0. The first kappa shape index (κ1) is 11.3. The van der Waals surface area contributed by atoms with Gasteiger partial charge in [0.25, 0.3) is 0 Å². The monoisotopic (exact) mass is 171 g/mol. The van der Waals surface area contributed by atoms with Gasteiger partial charge in [-0.3, -0.25) is 4.99 Å². The molecule has 1 N–H and O–H groups in total. The second kappa shape index (κ2) is 4.33. The maximum absolute atomic E-state index is 4.12. The van der Waals surface area contributed by atoms with Crippen LogP contribution in [0, 0.1) is 5.41 Å². The first-order valence-corrected chi connectivity index (χ1v) is 4.26. The fourth-order valence-electron chi connectivity index (χ4n) is 1.26. The Hall–Kier alpha value is -0.730. The highest BCUT2D eigenvalue weighted by atomic mass is 15.3. The van der Waals surface area contributed by atoms with Crippen LogP contribution < -0.4 is 5.32 Å². The van der Waals surface area contributed by atoms with E-state index in [1.165, 1.54) is 0 Å². The number of nitrogens with zero attached hydrogens (tertiary/aromatic N) is 2. The first-order valence-electron chi connectivity index (χ1n) is 4.26. The maximum Gasteiger partial charge on any atom is 0.193 e. The van der Waals surface area contributed by atoms with E-state index in [1.807, 2.05) is 14.1 Å². The zero-order chi connectivity index (χ0) is 9.78. The molecule has 3 nitrogen and oxygen atoms in total. The fraction of sp³-hybridized carbons (Fsp3) is 0.889. The highest BCUT2D eigenvalue weighted by Gasteiger charge is 2.14. The second-order valence-corrected chi connectivity index (χ2v) is 4.21. The van der Waals surface area contributed by atoms with Gasteiger partial charge in [0.05, 0.1) is 0 Å². The third-order valence-electron chi connectivity index (χ3n) is 1.51. The van der Waals surface area contributed by atoms with Gasteiger partial charge in [0, 0.05) is 27.7 Å². The first-order chi connectivity index (χ1) is 5.40. The third kappa shape index (κ3) is 4.21. The molecule has 0 radical (unpaired) electrons. The zero-order valence-corrected chi connectivity index (χ0v) is 9.10. The van der Waals surface area contributed by atoms with Gasteiger partial charge in [-0.25, -0.2) is 0 Å². The number of hydrogen-bond donors (Lipinski definition) is 1. The second-order valence-electron chi connectivity index (χ2n) is 4.21. The minimum absolute atomic E-state index is 0.307. The lowest BCUT2D eigenvalue weighted by molar-refractivity contribution is 0.301. The van der Waals surface area contributed by atoms with E-state index < -0.39 is 0 Å². The molecule has 0 unspecified atom stereocenters. The standard InChI is InChI=1S/C9H21N3/c1-9(2,3)7-12(6)8(10-4)11-5/h7H2,1-6H3,(H,10,11). The molecule has 0 saturated carbocycles. The SMILES string of the molecule is CN=C(NC)N(C)CC(C)(C)C. The van der Waals surface area contributed by atoms with Crippen LogP contribution in [0.2, 0.25) is 0 Å². The van der Waals surface area contributed by atoms with E-state index in [1.54, 1.807) is 7.05 Å². The van der Waals surface area contributed by atoms with Crippen molar-refractivity contribution in [2.24, 2.45) is 10.4 Å².